The number of morpholine rings is 1. The van der Waals surface area contributed by atoms with E-state index in [1.165, 1.54) is 0 Å². The summed E-state index contributed by atoms with van der Waals surface area (Å²) in [5.74, 6) is 2.18. The van der Waals surface area contributed by atoms with Gasteiger partial charge in [0.15, 0.2) is 0 Å². The Labute approximate surface area is 158 Å². The van der Waals surface area contributed by atoms with E-state index in [1.807, 2.05) is 43.0 Å². The van der Waals surface area contributed by atoms with E-state index in [0.29, 0.717) is 6.54 Å². The summed E-state index contributed by atoms with van der Waals surface area (Å²) >= 11 is 8.10. The summed E-state index contributed by atoms with van der Waals surface area (Å²) in [5, 5.41) is 3.82. The van der Waals surface area contributed by atoms with Crippen molar-refractivity contribution >= 4 is 35.3 Å². The topological polar surface area (TPSA) is 41.6 Å². The molecule has 3 rings (SSSR count). The maximum atomic E-state index is 12.3. The molecule has 0 aliphatic carbocycles. The van der Waals surface area contributed by atoms with Crippen molar-refractivity contribution in [2.45, 2.75) is 18.9 Å². The molecule has 1 aromatic rings. The van der Waals surface area contributed by atoms with Gasteiger partial charge in [-0.1, -0.05) is 23.7 Å². The Kier molecular flexibility index (Phi) is 6.44. The number of carbonyl (C=O) groups is 1. The van der Waals surface area contributed by atoms with Crippen LogP contribution in [0.4, 0.5) is 0 Å². The Morgan fingerprint density at radius 1 is 1.44 bits per heavy atom. The van der Waals surface area contributed by atoms with Gasteiger partial charge in [-0.3, -0.25) is 9.69 Å². The molecular formula is C19H25ClN2O2S. The summed E-state index contributed by atoms with van der Waals surface area (Å²) in [6.45, 7) is 6.14. The minimum atomic E-state index is -0.0544. The summed E-state index contributed by atoms with van der Waals surface area (Å²) < 4.78 is 5.48. The molecule has 0 radical (unpaired) electrons. The molecule has 0 aromatic heterocycles. The van der Waals surface area contributed by atoms with Crippen molar-refractivity contribution in [3.8, 4) is 0 Å². The number of benzene rings is 1. The first kappa shape index (κ1) is 18.8. The minimum absolute atomic E-state index is 0.0544. The number of nitrogens with zero attached hydrogens (tertiary/aromatic N) is 1. The fourth-order valence-corrected chi connectivity index (χ4v) is 5.00. The lowest BCUT2D eigenvalue weighted by atomic mass is 9.95. The predicted molar refractivity (Wildman–Crippen MR) is 105 cm³/mol. The molecule has 6 heteroatoms. The molecule has 2 fully saturated rings. The number of hydrogen-bond donors (Lipinski definition) is 1. The van der Waals surface area contributed by atoms with Gasteiger partial charge in [0.2, 0.25) is 5.91 Å². The van der Waals surface area contributed by atoms with Gasteiger partial charge in [-0.2, -0.15) is 11.8 Å². The molecule has 2 heterocycles. The quantitative estimate of drug-likeness (QED) is 0.797. The van der Waals surface area contributed by atoms with E-state index in [4.69, 9.17) is 16.3 Å². The highest BCUT2D eigenvalue weighted by Crippen LogP contribution is 2.33. The van der Waals surface area contributed by atoms with E-state index in [0.717, 1.165) is 60.4 Å². The molecule has 2 saturated heterocycles. The summed E-state index contributed by atoms with van der Waals surface area (Å²) in [7, 11) is 0. The maximum Gasteiger partial charge on any atom is 0.244 e. The average molecular weight is 381 g/mol. The fourth-order valence-electron chi connectivity index (χ4n) is 3.33. The van der Waals surface area contributed by atoms with Crippen molar-refractivity contribution in [3.05, 3.63) is 40.4 Å². The van der Waals surface area contributed by atoms with Crippen LogP contribution in [0.2, 0.25) is 5.02 Å². The van der Waals surface area contributed by atoms with Crippen molar-refractivity contribution in [3.63, 3.8) is 0 Å². The molecule has 1 aromatic carbocycles. The third-order valence-corrected chi connectivity index (χ3v) is 6.62. The van der Waals surface area contributed by atoms with Gasteiger partial charge in [0.05, 0.1) is 13.2 Å². The molecular weight excluding hydrogens is 356 g/mol. The summed E-state index contributed by atoms with van der Waals surface area (Å²) in [4.78, 5) is 14.8. The highest BCUT2D eigenvalue weighted by molar-refractivity contribution is 7.99. The normalized spacial score (nSPS) is 24.7. The van der Waals surface area contributed by atoms with Crippen LogP contribution in [0.1, 0.15) is 17.5 Å². The Morgan fingerprint density at radius 2 is 2.24 bits per heavy atom. The molecule has 4 nitrogen and oxygen atoms in total. The molecule has 2 aliphatic rings. The smallest absolute Gasteiger partial charge is 0.244 e. The number of hydrogen-bond acceptors (Lipinski definition) is 4. The van der Waals surface area contributed by atoms with E-state index < -0.39 is 0 Å². The second-order valence-electron chi connectivity index (χ2n) is 6.69. The van der Waals surface area contributed by atoms with Crippen molar-refractivity contribution in [2.24, 2.45) is 0 Å². The van der Waals surface area contributed by atoms with Crippen LogP contribution in [0.25, 0.3) is 6.08 Å². The Balaban J connectivity index is 1.58. The SMILES string of the molecule is Cc1ccc(C=CC(=O)NCC2(N3CCOCC3)CCSC2)cc1Cl. The lowest BCUT2D eigenvalue weighted by Crippen LogP contribution is -2.59. The van der Waals surface area contributed by atoms with Gasteiger partial charge in [-0.25, -0.2) is 0 Å². The summed E-state index contributed by atoms with van der Waals surface area (Å²) in [5.41, 5.74) is 2.05. The zero-order valence-electron chi connectivity index (χ0n) is 14.6. The van der Waals surface area contributed by atoms with E-state index >= 15 is 0 Å². The lowest BCUT2D eigenvalue weighted by molar-refractivity contribution is -0.117. The Morgan fingerprint density at radius 3 is 2.92 bits per heavy atom. The zero-order valence-corrected chi connectivity index (χ0v) is 16.2. The molecule has 1 N–H and O–H groups in total. The fraction of sp³-hybridized carbons (Fsp3) is 0.526. The van der Waals surface area contributed by atoms with E-state index in [9.17, 15) is 4.79 Å². The molecule has 2 aliphatic heterocycles. The van der Waals surface area contributed by atoms with Gasteiger partial charge in [0.1, 0.15) is 0 Å². The predicted octanol–water partition coefficient (Wildman–Crippen LogP) is 2.99. The molecule has 0 bridgehead atoms. The number of carbonyl (C=O) groups excluding carboxylic acids is 1. The second-order valence-corrected chi connectivity index (χ2v) is 8.20. The van der Waals surface area contributed by atoms with E-state index in [2.05, 4.69) is 10.2 Å². The third kappa shape index (κ3) is 4.79. The van der Waals surface area contributed by atoms with Gasteiger partial charge >= 0.3 is 0 Å². The zero-order chi connectivity index (χ0) is 17.7. The van der Waals surface area contributed by atoms with Crippen LogP contribution in [-0.4, -0.2) is 60.7 Å². The maximum absolute atomic E-state index is 12.3. The van der Waals surface area contributed by atoms with Gasteiger partial charge in [0, 0.05) is 42.0 Å². The van der Waals surface area contributed by atoms with Crippen molar-refractivity contribution in [1.82, 2.24) is 10.2 Å². The Hall–Kier alpha value is -1.01. The molecule has 0 spiro atoms. The van der Waals surface area contributed by atoms with Gasteiger partial charge in [-0.05, 0) is 42.4 Å². The van der Waals surface area contributed by atoms with Crippen molar-refractivity contribution in [2.75, 3.05) is 44.4 Å². The van der Waals surface area contributed by atoms with Crippen LogP contribution in [-0.2, 0) is 9.53 Å². The number of halogens is 1. The highest BCUT2D eigenvalue weighted by Gasteiger charge is 2.40. The third-order valence-electron chi connectivity index (χ3n) is 4.98. The second kappa shape index (κ2) is 8.58. The molecule has 136 valence electrons. The first-order chi connectivity index (χ1) is 12.1. The number of aryl methyl sites for hydroxylation is 1. The highest BCUT2D eigenvalue weighted by atomic mass is 35.5. The molecule has 25 heavy (non-hydrogen) atoms. The molecule has 1 atom stereocenters. The van der Waals surface area contributed by atoms with Gasteiger partial charge in [-0.15, -0.1) is 0 Å². The van der Waals surface area contributed by atoms with Crippen LogP contribution in [0, 0.1) is 6.92 Å². The molecule has 0 saturated carbocycles. The minimum Gasteiger partial charge on any atom is -0.379 e. The summed E-state index contributed by atoms with van der Waals surface area (Å²) in [6, 6.07) is 5.81. The first-order valence-corrected chi connectivity index (χ1v) is 10.2. The van der Waals surface area contributed by atoms with Crippen molar-refractivity contribution in [1.29, 1.82) is 0 Å². The average Bonchev–Trinajstić information content (AvgIpc) is 3.12. The van der Waals surface area contributed by atoms with Crippen LogP contribution >= 0.6 is 23.4 Å². The summed E-state index contributed by atoms with van der Waals surface area (Å²) in [6.07, 6.45) is 4.52. The number of nitrogens with one attached hydrogen (secondary N) is 1. The van der Waals surface area contributed by atoms with E-state index in [1.54, 1.807) is 6.08 Å². The number of thioether (sulfide) groups is 1. The van der Waals surface area contributed by atoms with Crippen LogP contribution < -0.4 is 5.32 Å². The first-order valence-electron chi connectivity index (χ1n) is 8.72. The van der Waals surface area contributed by atoms with Gasteiger partial charge < -0.3 is 10.1 Å². The van der Waals surface area contributed by atoms with Crippen LogP contribution in [0.15, 0.2) is 24.3 Å². The Bertz CT molecular complexity index is 638. The number of rotatable bonds is 5. The van der Waals surface area contributed by atoms with Gasteiger partial charge in [0.25, 0.3) is 0 Å². The standard InChI is InChI=1S/C19H25ClN2O2S/c1-15-2-3-16(12-17(15)20)4-5-18(23)21-13-19(6-11-25-14-19)22-7-9-24-10-8-22/h2-5,12H,6-11,13-14H2,1H3,(H,21,23). The van der Waals surface area contributed by atoms with Crippen LogP contribution in [0.3, 0.4) is 0 Å². The lowest BCUT2D eigenvalue weighted by Gasteiger charge is -2.42. The number of ether oxygens (including phenoxy) is 1. The van der Waals surface area contributed by atoms with Crippen molar-refractivity contribution < 1.29 is 9.53 Å². The van der Waals surface area contributed by atoms with E-state index in [-0.39, 0.29) is 11.4 Å². The largest absolute Gasteiger partial charge is 0.379 e. The number of amides is 1. The van der Waals surface area contributed by atoms with Crippen LogP contribution in [0.5, 0.6) is 0 Å². The monoisotopic (exact) mass is 380 g/mol. The molecule has 1 unspecified atom stereocenters. The molecule has 1 amide bonds.